The minimum atomic E-state index is -1.16. The summed E-state index contributed by atoms with van der Waals surface area (Å²) in [7, 11) is 1.74. The topological polar surface area (TPSA) is 93.6 Å². The van der Waals surface area contributed by atoms with Crippen LogP contribution < -0.4 is 5.69 Å². The summed E-state index contributed by atoms with van der Waals surface area (Å²) in [6, 6.07) is 0. The summed E-state index contributed by atoms with van der Waals surface area (Å²) in [5.74, 6) is -0.0185. The van der Waals surface area contributed by atoms with Gasteiger partial charge in [0.2, 0.25) is 0 Å². The molecule has 1 aliphatic carbocycles. The number of aromatic nitrogens is 2. The molecular weight excluding hydrogens is 420 g/mol. The molecule has 0 saturated heterocycles. The summed E-state index contributed by atoms with van der Waals surface area (Å²) in [5, 5.41) is 10.3. The van der Waals surface area contributed by atoms with Crippen LogP contribution in [0.15, 0.2) is 28.3 Å². The van der Waals surface area contributed by atoms with E-state index < -0.39 is 17.7 Å². The lowest BCUT2D eigenvalue weighted by Gasteiger charge is -2.36. The van der Waals surface area contributed by atoms with Gasteiger partial charge in [-0.3, -0.25) is 4.57 Å². The van der Waals surface area contributed by atoms with E-state index in [0.717, 1.165) is 47.4 Å². The third-order valence-electron chi connectivity index (χ3n) is 6.94. The number of ether oxygens (including phenoxy) is 2. The first-order valence-electron chi connectivity index (χ1n) is 11.6. The maximum atomic E-state index is 12.5. The predicted octanol–water partition coefficient (Wildman–Crippen LogP) is 4.78. The van der Waals surface area contributed by atoms with Gasteiger partial charge in [-0.25, -0.2) is 9.59 Å². The van der Waals surface area contributed by atoms with Gasteiger partial charge in [-0.1, -0.05) is 13.0 Å². The van der Waals surface area contributed by atoms with Crippen LogP contribution >= 0.6 is 0 Å². The first-order valence-corrected chi connectivity index (χ1v) is 11.6. The summed E-state index contributed by atoms with van der Waals surface area (Å²) >= 11 is 0. The zero-order valence-corrected chi connectivity index (χ0v) is 20.5. The number of allylic oxidation sites excluding steroid dienone is 3. The number of carboxylic acid groups (broad SMARTS) is 1. The highest BCUT2D eigenvalue weighted by atomic mass is 16.5. The van der Waals surface area contributed by atoms with E-state index in [2.05, 4.69) is 18.0 Å². The van der Waals surface area contributed by atoms with Crippen molar-refractivity contribution in [3.8, 4) is 0 Å². The third-order valence-corrected chi connectivity index (χ3v) is 6.94. The molecule has 7 heteroatoms. The molecule has 1 aromatic carbocycles. The normalized spacial score (nSPS) is 21.8. The van der Waals surface area contributed by atoms with Gasteiger partial charge in [0.15, 0.2) is 6.10 Å². The van der Waals surface area contributed by atoms with Crippen LogP contribution in [0.2, 0.25) is 0 Å². The van der Waals surface area contributed by atoms with Gasteiger partial charge in [-0.15, -0.1) is 0 Å². The van der Waals surface area contributed by atoms with Gasteiger partial charge in [0.25, 0.3) is 0 Å². The van der Waals surface area contributed by atoms with Gasteiger partial charge >= 0.3 is 11.7 Å². The standard InChI is InChI=1S/C26H34N2O5/c1-13-16-9-8-12-32-18(16)11-10-17(13)19-15(3)22-21(27-25(31)28(22)7)14(2)20(19)23(24(29)30)33-26(4,5)6/h10-11,13,17,23H,8-9,12H2,1-7H3,(H,27,31)(H,29,30). The van der Waals surface area contributed by atoms with Crippen LogP contribution in [0, 0.1) is 19.8 Å². The van der Waals surface area contributed by atoms with Gasteiger partial charge < -0.3 is 19.6 Å². The zero-order valence-electron chi connectivity index (χ0n) is 20.5. The predicted molar refractivity (Wildman–Crippen MR) is 127 cm³/mol. The Hall–Kier alpha value is -2.80. The fourth-order valence-corrected chi connectivity index (χ4v) is 5.44. The van der Waals surface area contributed by atoms with Crippen LogP contribution in [0.5, 0.6) is 0 Å². The van der Waals surface area contributed by atoms with Crippen molar-refractivity contribution in [1.29, 1.82) is 0 Å². The average molecular weight is 455 g/mol. The summed E-state index contributed by atoms with van der Waals surface area (Å²) in [5.41, 5.74) is 5.04. The minimum absolute atomic E-state index is 0.0565. The molecule has 33 heavy (non-hydrogen) atoms. The molecule has 178 valence electrons. The first-order chi connectivity index (χ1) is 15.4. The Bertz CT molecular complexity index is 1240. The second kappa shape index (κ2) is 8.20. The van der Waals surface area contributed by atoms with Crippen molar-refractivity contribution in [2.45, 2.75) is 72.0 Å². The number of carboxylic acids is 1. The second-order valence-corrected chi connectivity index (χ2v) is 10.3. The van der Waals surface area contributed by atoms with E-state index in [0.29, 0.717) is 11.1 Å². The van der Waals surface area contributed by atoms with Crippen LogP contribution in [0.25, 0.3) is 11.0 Å². The number of nitrogens with zero attached hydrogens (tertiary/aromatic N) is 1. The number of aryl methyl sites for hydroxylation is 3. The second-order valence-electron chi connectivity index (χ2n) is 10.3. The number of H-pyrrole nitrogens is 1. The van der Waals surface area contributed by atoms with E-state index >= 15 is 0 Å². The Morgan fingerprint density at radius 2 is 2.00 bits per heavy atom. The lowest BCUT2D eigenvalue weighted by atomic mass is 9.72. The van der Waals surface area contributed by atoms with Crippen molar-refractivity contribution < 1.29 is 19.4 Å². The fourth-order valence-electron chi connectivity index (χ4n) is 5.44. The average Bonchev–Trinajstić information content (AvgIpc) is 3.04. The number of benzene rings is 1. The van der Waals surface area contributed by atoms with Gasteiger partial charge in [0.05, 0.1) is 23.2 Å². The van der Waals surface area contributed by atoms with Gasteiger partial charge in [-0.05, 0) is 81.7 Å². The number of hydrogen-bond acceptors (Lipinski definition) is 4. The van der Waals surface area contributed by atoms with E-state index in [1.807, 2.05) is 40.7 Å². The number of aliphatic carboxylic acids is 1. The largest absolute Gasteiger partial charge is 0.494 e. The highest BCUT2D eigenvalue weighted by Gasteiger charge is 2.38. The molecule has 1 aromatic heterocycles. The summed E-state index contributed by atoms with van der Waals surface area (Å²) in [6.07, 6.45) is 4.93. The molecule has 0 saturated carbocycles. The maximum absolute atomic E-state index is 12.5. The van der Waals surface area contributed by atoms with Gasteiger partial charge in [0.1, 0.15) is 5.76 Å². The van der Waals surface area contributed by atoms with Crippen molar-refractivity contribution >= 4 is 17.0 Å². The maximum Gasteiger partial charge on any atom is 0.337 e. The molecule has 2 aromatic rings. The van der Waals surface area contributed by atoms with E-state index in [1.165, 1.54) is 5.57 Å². The van der Waals surface area contributed by atoms with E-state index in [4.69, 9.17) is 9.47 Å². The Kier molecular flexibility index (Phi) is 5.81. The summed E-state index contributed by atoms with van der Waals surface area (Å²) < 4.78 is 13.6. The third kappa shape index (κ3) is 3.92. The van der Waals surface area contributed by atoms with Gasteiger partial charge in [0, 0.05) is 18.5 Å². The van der Waals surface area contributed by atoms with Crippen LogP contribution in [0.1, 0.15) is 74.8 Å². The number of carbonyl (C=O) groups is 1. The van der Waals surface area contributed by atoms with Crippen molar-refractivity contribution in [3.05, 3.63) is 56.2 Å². The van der Waals surface area contributed by atoms with E-state index in [1.54, 1.807) is 11.6 Å². The first kappa shape index (κ1) is 23.4. The molecule has 4 rings (SSSR count). The SMILES string of the molecule is Cc1c(C(OC(C)(C)C)C(=O)O)c(C2C=CC3=C(CCCO3)C2C)c(C)c2c1[nH]c(=O)n2C. The molecule has 3 unspecified atom stereocenters. The van der Waals surface area contributed by atoms with Crippen molar-refractivity contribution in [3.63, 3.8) is 0 Å². The molecule has 2 N–H and O–H groups in total. The quantitative estimate of drug-likeness (QED) is 0.694. The molecular formula is C26H34N2O5. The van der Waals surface area contributed by atoms with Crippen molar-refractivity contribution in [1.82, 2.24) is 9.55 Å². The highest BCUT2D eigenvalue weighted by Crippen LogP contribution is 2.47. The highest BCUT2D eigenvalue weighted by molar-refractivity contribution is 5.88. The smallest absolute Gasteiger partial charge is 0.337 e. The molecule has 1 aliphatic heterocycles. The Balaban J connectivity index is 2.03. The van der Waals surface area contributed by atoms with Crippen molar-refractivity contribution in [2.75, 3.05) is 6.61 Å². The number of rotatable bonds is 4. The summed E-state index contributed by atoms with van der Waals surface area (Å²) in [4.78, 5) is 28.0. The Labute approximate surface area is 194 Å². The van der Waals surface area contributed by atoms with Crippen LogP contribution in [0.4, 0.5) is 0 Å². The number of fused-ring (bicyclic) bond motifs is 1. The molecule has 0 spiro atoms. The minimum Gasteiger partial charge on any atom is -0.494 e. The zero-order chi connectivity index (χ0) is 24.2. The number of hydrogen-bond donors (Lipinski definition) is 2. The van der Waals surface area contributed by atoms with E-state index in [-0.39, 0.29) is 17.5 Å². The lowest BCUT2D eigenvalue weighted by Crippen LogP contribution is -2.30. The van der Waals surface area contributed by atoms with Crippen LogP contribution in [-0.2, 0) is 21.3 Å². The Morgan fingerprint density at radius 3 is 2.64 bits per heavy atom. The Morgan fingerprint density at radius 1 is 1.30 bits per heavy atom. The molecule has 2 aliphatic rings. The molecule has 7 nitrogen and oxygen atoms in total. The molecule has 0 radical (unpaired) electrons. The number of aromatic amines is 1. The van der Waals surface area contributed by atoms with Gasteiger partial charge in [-0.2, -0.15) is 0 Å². The lowest BCUT2D eigenvalue weighted by molar-refractivity contribution is -0.160. The number of nitrogens with one attached hydrogen (secondary N) is 1. The van der Waals surface area contributed by atoms with Crippen molar-refractivity contribution in [2.24, 2.45) is 13.0 Å². The molecule has 2 heterocycles. The molecule has 3 atom stereocenters. The van der Waals surface area contributed by atoms with Crippen LogP contribution in [0.3, 0.4) is 0 Å². The molecule has 0 bridgehead atoms. The molecule has 0 amide bonds. The van der Waals surface area contributed by atoms with E-state index in [9.17, 15) is 14.7 Å². The number of imidazole rings is 1. The van der Waals surface area contributed by atoms with Crippen LogP contribution in [-0.4, -0.2) is 32.8 Å². The summed E-state index contributed by atoms with van der Waals surface area (Å²) in [6.45, 7) is 12.3. The fraction of sp³-hybridized carbons (Fsp3) is 0.538. The monoisotopic (exact) mass is 454 g/mol. The molecule has 0 fully saturated rings.